The Bertz CT molecular complexity index is 430. The van der Waals surface area contributed by atoms with Crippen LogP contribution in [-0.4, -0.2) is 5.11 Å². The van der Waals surface area contributed by atoms with Crippen LogP contribution < -0.4 is 0 Å². The highest BCUT2D eigenvalue weighted by Gasteiger charge is 2.07. The van der Waals surface area contributed by atoms with Crippen molar-refractivity contribution < 1.29 is 5.11 Å². The van der Waals surface area contributed by atoms with Crippen LogP contribution >= 0.6 is 11.3 Å². The Kier molecular flexibility index (Phi) is 4.35. The maximum Gasteiger partial charge on any atom is 0.0793 e. The summed E-state index contributed by atoms with van der Waals surface area (Å²) in [5, 5.41) is 12.2. The van der Waals surface area contributed by atoms with Crippen molar-refractivity contribution in [3.63, 3.8) is 0 Å². The molecular formula is C15H18OS. The Morgan fingerprint density at radius 1 is 1.18 bits per heavy atom. The molecule has 1 N–H and O–H groups in total. The molecule has 90 valence electrons. The van der Waals surface area contributed by atoms with Crippen molar-refractivity contribution in [1.29, 1.82) is 0 Å². The summed E-state index contributed by atoms with van der Waals surface area (Å²) in [6, 6.07) is 12.5. The monoisotopic (exact) mass is 246 g/mol. The number of hydrogen-bond donors (Lipinski definition) is 1. The van der Waals surface area contributed by atoms with E-state index in [0.717, 1.165) is 24.8 Å². The number of aryl methyl sites for hydroxylation is 2. The number of benzene rings is 1. The van der Waals surface area contributed by atoms with Gasteiger partial charge in [0, 0.05) is 4.88 Å². The van der Waals surface area contributed by atoms with Gasteiger partial charge in [-0.05, 0) is 41.8 Å². The van der Waals surface area contributed by atoms with Crippen molar-refractivity contribution in [1.82, 2.24) is 0 Å². The van der Waals surface area contributed by atoms with Gasteiger partial charge in [0.15, 0.2) is 0 Å². The summed E-state index contributed by atoms with van der Waals surface area (Å²) in [5.74, 6) is 0. The molecule has 0 spiro atoms. The van der Waals surface area contributed by atoms with E-state index in [1.165, 1.54) is 10.4 Å². The lowest BCUT2D eigenvalue weighted by Gasteiger charge is -2.10. The highest BCUT2D eigenvalue weighted by atomic mass is 32.1. The maximum atomic E-state index is 10.1. The largest absolute Gasteiger partial charge is 0.388 e. The van der Waals surface area contributed by atoms with Crippen LogP contribution in [0.3, 0.4) is 0 Å². The van der Waals surface area contributed by atoms with E-state index in [4.69, 9.17) is 0 Å². The van der Waals surface area contributed by atoms with Gasteiger partial charge in [-0.25, -0.2) is 0 Å². The predicted octanol–water partition coefficient (Wildman–Crippen LogP) is 3.98. The normalized spacial score (nSPS) is 12.6. The van der Waals surface area contributed by atoms with Gasteiger partial charge in [0.2, 0.25) is 0 Å². The zero-order valence-electron chi connectivity index (χ0n) is 10.1. The molecule has 0 saturated carbocycles. The molecule has 0 amide bonds. The molecule has 1 atom stereocenters. The van der Waals surface area contributed by atoms with Crippen molar-refractivity contribution >= 4 is 11.3 Å². The first kappa shape index (κ1) is 12.3. The third kappa shape index (κ3) is 3.42. The average molecular weight is 246 g/mol. The van der Waals surface area contributed by atoms with E-state index in [2.05, 4.69) is 36.6 Å². The van der Waals surface area contributed by atoms with E-state index in [9.17, 15) is 5.11 Å². The molecule has 0 saturated heterocycles. The van der Waals surface area contributed by atoms with Gasteiger partial charge in [0.05, 0.1) is 6.10 Å². The molecule has 1 heterocycles. The quantitative estimate of drug-likeness (QED) is 0.846. The van der Waals surface area contributed by atoms with E-state index in [0.29, 0.717) is 0 Å². The summed E-state index contributed by atoms with van der Waals surface area (Å²) in [5.41, 5.74) is 2.35. The lowest BCUT2D eigenvalue weighted by Crippen LogP contribution is -1.99. The number of hydrogen-bond acceptors (Lipinski definition) is 2. The minimum Gasteiger partial charge on any atom is -0.388 e. The van der Waals surface area contributed by atoms with Crippen molar-refractivity contribution in [2.75, 3.05) is 0 Å². The van der Waals surface area contributed by atoms with Gasteiger partial charge in [0.1, 0.15) is 0 Å². The van der Waals surface area contributed by atoms with Crippen molar-refractivity contribution in [3.8, 4) is 0 Å². The Morgan fingerprint density at radius 3 is 2.53 bits per heavy atom. The molecule has 0 radical (unpaired) electrons. The van der Waals surface area contributed by atoms with Crippen LogP contribution in [0.15, 0.2) is 41.8 Å². The van der Waals surface area contributed by atoms with Gasteiger partial charge >= 0.3 is 0 Å². The molecule has 0 aliphatic rings. The fraction of sp³-hybridized carbons (Fsp3) is 0.333. The van der Waals surface area contributed by atoms with E-state index >= 15 is 0 Å². The SMILES string of the molecule is CCc1ccc(C(O)CCc2cccs2)cc1. The van der Waals surface area contributed by atoms with Gasteiger partial charge in [-0.3, -0.25) is 0 Å². The summed E-state index contributed by atoms with van der Waals surface area (Å²) < 4.78 is 0. The molecule has 2 heteroatoms. The second-order valence-electron chi connectivity index (χ2n) is 4.23. The van der Waals surface area contributed by atoms with E-state index in [1.54, 1.807) is 11.3 Å². The third-order valence-corrected chi connectivity index (χ3v) is 3.95. The zero-order valence-corrected chi connectivity index (χ0v) is 10.9. The second-order valence-corrected chi connectivity index (χ2v) is 5.26. The molecule has 1 aromatic heterocycles. The highest BCUT2D eigenvalue weighted by molar-refractivity contribution is 7.09. The van der Waals surface area contributed by atoms with Crippen LogP contribution in [0.1, 0.15) is 35.5 Å². The minimum atomic E-state index is -0.344. The Balaban J connectivity index is 1.92. The van der Waals surface area contributed by atoms with Gasteiger partial charge in [-0.15, -0.1) is 11.3 Å². The van der Waals surface area contributed by atoms with Crippen LogP contribution in [0.5, 0.6) is 0 Å². The first-order valence-electron chi connectivity index (χ1n) is 6.09. The maximum absolute atomic E-state index is 10.1. The highest BCUT2D eigenvalue weighted by Crippen LogP contribution is 2.21. The van der Waals surface area contributed by atoms with Crippen LogP contribution in [0.25, 0.3) is 0 Å². The Hall–Kier alpha value is -1.12. The summed E-state index contributed by atoms with van der Waals surface area (Å²) in [6.07, 6.45) is 2.45. The minimum absolute atomic E-state index is 0.344. The van der Waals surface area contributed by atoms with E-state index in [1.807, 2.05) is 12.1 Å². The van der Waals surface area contributed by atoms with Crippen LogP contribution in [-0.2, 0) is 12.8 Å². The fourth-order valence-corrected chi connectivity index (χ4v) is 2.60. The predicted molar refractivity (Wildman–Crippen MR) is 73.4 cm³/mol. The Morgan fingerprint density at radius 2 is 1.94 bits per heavy atom. The molecule has 0 aliphatic heterocycles. The summed E-state index contributed by atoms with van der Waals surface area (Å²) in [7, 11) is 0. The lowest BCUT2D eigenvalue weighted by atomic mass is 10.0. The van der Waals surface area contributed by atoms with Crippen LogP contribution in [0.2, 0.25) is 0 Å². The van der Waals surface area contributed by atoms with Gasteiger partial charge < -0.3 is 5.11 Å². The first-order chi connectivity index (χ1) is 8.29. The van der Waals surface area contributed by atoms with E-state index in [-0.39, 0.29) is 6.10 Å². The second kappa shape index (κ2) is 5.99. The standard InChI is InChI=1S/C15H18OS/c1-2-12-5-7-13(8-6-12)15(16)10-9-14-4-3-11-17-14/h3-8,11,15-16H,2,9-10H2,1H3. The summed E-state index contributed by atoms with van der Waals surface area (Å²) in [4.78, 5) is 1.34. The smallest absolute Gasteiger partial charge is 0.0793 e. The van der Waals surface area contributed by atoms with Crippen LogP contribution in [0.4, 0.5) is 0 Å². The fourth-order valence-electron chi connectivity index (χ4n) is 1.88. The molecule has 1 nitrogen and oxygen atoms in total. The van der Waals surface area contributed by atoms with E-state index < -0.39 is 0 Å². The molecule has 0 fully saturated rings. The third-order valence-electron chi connectivity index (χ3n) is 3.02. The van der Waals surface area contributed by atoms with Gasteiger partial charge in [0.25, 0.3) is 0 Å². The van der Waals surface area contributed by atoms with Crippen molar-refractivity contribution in [2.24, 2.45) is 0 Å². The number of aliphatic hydroxyl groups is 1. The zero-order chi connectivity index (χ0) is 12.1. The molecule has 1 aromatic carbocycles. The number of thiophene rings is 1. The molecule has 2 aromatic rings. The van der Waals surface area contributed by atoms with Gasteiger partial charge in [-0.1, -0.05) is 37.3 Å². The molecule has 0 bridgehead atoms. The number of aliphatic hydroxyl groups excluding tert-OH is 1. The molecule has 1 unspecified atom stereocenters. The van der Waals surface area contributed by atoms with Crippen LogP contribution in [0, 0.1) is 0 Å². The Labute approximate surface area is 107 Å². The first-order valence-corrected chi connectivity index (χ1v) is 6.97. The van der Waals surface area contributed by atoms with Crippen molar-refractivity contribution in [2.45, 2.75) is 32.3 Å². The molecular weight excluding hydrogens is 228 g/mol. The summed E-state index contributed by atoms with van der Waals surface area (Å²) in [6.45, 7) is 2.14. The average Bonchev–Trinajstić information content (AvgIpc) is 2.89. The van der Waals surface area contributed by atoms with Crippen molar-refractivity contribution in [3.05, 3.63) is 57.8 Å². The molecule has 2 rings (SSSR count). The molecule has 17 heavy (non-hydrogen) atoms. The van der Waals surface area contributed by atoms with Gasteiger partial charge in [-0.2, -0.15) is 0 Å². The topological polar surface area (TPSA) is 20.2 Å². The number of rotatable bonds is 5. The lowest BCUT2D eigenvalue weighted by molar-refractivity contribution is 0.168. The molecule has 0 aliphatic carbocycles. The summed E-state index contributed by atoms with van der Waals surface area (Å²) >= 11 is 1.76.